The number of rotatable bonds is 7. The number of ketones is 1. The lowest BCUT2D eigenvalue weighted by Gasteiger charge is -2.11. The van der Waals surface area contributed by atoms with Gasteiger partial charge in [-0.15, -0.1) is 0 Å². The van der Waals surface area contributed by atoms with Crippen LogP contribution >= 0.6 is 0 Å². The Labute approximate surface area is 152 Å². The number of nitrogens with one attached hydrogen (secondary N) is 1. The topological polar surface area (TPSA) is 88.4 Å². The Morgan fingerprint density at radius 2 is 1.81 bits per heavy atom. The van der Waals surface area contributed by atoms with E-state index in [1.165, 1.54) is 7.11 Å². The lowest BCUT2D eigenvalue weighted by molar-refractivity contribution is -0.118. The van der Waals surface area contributed by atoms with Gasteiger partial charge in [0, 0.05) is 23.2 Å². The molecule has 0 heterocycles. The molecule has 6 nitrogen and oxygen atoms in total. The summed E-state index contributed by atoms with van der Waals surface area (Å²) in [5.74, 6) is 0.370. The highest BCUT2D eigenvalue weighted by atomic mass is 16.5. The Morgan fingerprint density at radius 1 is 1.12 bits per heavy atom. The van der Waals surface area contributed by atoms with Crippen molar-refractivity contribution in [1.29, 1.82) is 5.26 Å². The molecule has 0 saturated heterocycles. The van der Waals surface area contributed by atoms with E-state index >= 15 is 0 Å². The molecule has 0 aliphatic carbocycles. The van der Waals surface area contributed by atoms with Crippen molar-refractivity contribution >= 4 is 17.4 Å². The molecule has 0 spiro atoms. The number of nitrogens with zero attached hydrogens (tertiary/aromatic N) is 1. The highest BCUT2D eigenvalue weighted by Crippen LogP contribution is 2.28. The van der Waals surface area contributed by atoms with Crippen molar-refractivity contribution in [3.05, 3.63) is 53.6 Å². The van der Waals surface area contributed by atoms with Gasteiger partial charge < -0.3 is 14.8 Å². The first-order valence-corrected chi connectivity index (χ1v) is 8.09. The average Bonchev–Trinajstić information content (AvgIpc) is 2.66. The highest BCUT2D eigenvalue weighted by molar-refractivity contribution is 5.98. The van der Waals surface area contributed by atoms with Crippen LogP contribution in [-0.2, 0) is 4.79 Å². The van der Waals surface area contributed by atoms with Gasteiger partial charge in [0.25, 0.3) is 0 Å². The first-order valence-electron chi connectivity index (χ1n) is 8.09. The number of carbonyl (C=O) groups is 2. The van der Waals surface area contributed by atoms with Gasteiger partial charge in [-0.1, -0.05) is 13.8 Å². The average molecular weight is 352 g/mol. The lowest BCUT2D eigenvalue weighted by Crippen LogP contribution is -2.18. The van der Waals surface area contributed by atoms with E-state index in [4.69, 9.17) is 14.7 Å². The van der Waals surface area contributed by atoms with Crippen molar-refractivity contribution in [3.63, 3.8) is 0 Å². The van der Waals surface area contributed by atoms with E-state index in [0.717, 1.165) is 0 Å². The third kappa shape index (κ3) is 4.84. The van der Waals surface area contributed by atoms with Crippen molar-refractivity contribution in [3.8, 4) is 17.6 Å². The van der Waals surface area contributed by atoms with Crippen molar-refractivity contribution in [2.24, 2.45) is 5.92 Å². The van der Waals surface area contributed by atoms with Gasteiger partial charge in [0.05, 0.1) is 18.7 Å². The molecule has 26 heavy (non-hydrogen) atoms. The number of amides is 1. The lowest BCUT2D eigenvalue weighted by atomic mass is 10.1. The third-order valence-corrected chi connectivity index (χ3v) is 3.65. The van der Waals surface area contributed by atoms with E-state index in [1.807, 2.05) is 19.9 Å². The van der Waals surface area contributed by atoms with Crippen LogP contribution in [0.1, 0.15) is 29.8 Å². The zero-order chi connectivity index (χ0) is 19.1. The molecule has 0 unspecified atom stereocenters. The summed E-state index contributed by atoms with van der Waals surface area (Å²) < 4.78 is 10.7. The number of anilines is 1. The van der Waals surface area contributed by atoms with Gasteiger partial charge >= 0.3 is 0 Å². The second-order valence-corrected chi connectivity index (χ2v) is 5.91. The first-order chi connectivity index (χ1) is 12.4. The monoisotopic (exact) mass is 352 g/mol. The van der Waals surface area contributed by atoms with Gasteiger partial charge in [-0.25, -0.2) is 0 Å². The molecule has 0 fully saturated rings. The molecule has 0 radical (unpaired) electrons. The number of ether oxygens (including phenoxy) is 2. The number of hydrogen-bond donors (Lipinski definition) is 1. The molecular formula is C20H20N2O4. The van der Waals surface area contributed by atoms with Crippen LogP contribution in [0.25, 0.3) is 0 Å². The summed E-state index contributed by atoms with van der Waals surface area (Å²) in [6.45, 7) is 3.45. The maximum absolute atomic E-state index is 12.3. The standard InChI is InChI=1S/C20H20N2O4/c1-13(2)20(24)22-16-7-5-15(6-8-16)17(23)12-26-18-9-4-14(11-21)10-19(18)25-3/h4-10,13H,12H2,1-3H3,(H,22,24). The normalized spacial score (nSPS) is 10.1. The number of carbonyl (C=O) groups excluding carboxylic acids is 2. The minimum atomic E-state index is -0.210. The molecule has 0 atom stereocenters. The number of hydrogen-bond acceptors (Lipinski definition) is 5. The molecule has 2 aromatic carbocycles. The molecule has 2 aromatic rings. The Bertz CT molecular complexity index is 836. The van der Waals surface area contributed by atoms with Crippen LogP contribution in [0.5, 0.6) is 11.5 Å². The summed E-state index contributed by atoms with van der Waals surface area (Å²) >= 11 is 0. The summed E-state index contributed by atoms with van der Waals surface area (Å²) in [7, 11) is 1.47. The maximum atomic E-state index is 12.3. The zero-order valence-corrected chi connectivity index (χ0v) is 14.9. The van der Waals surface area contributed by atoms with E-state index in [-0.39, 0.29) is 24.2 Å². The zero-order valence-electron chi connectivity index (χ0n) is 14.9. The molecule has 1 amide bonds. The number of benzene rings is 2. The second kappa shape index (κ2) is 8.67. The molecular weight excluding hydrogens is 332 g/mol. The summed E-state index contributed by atoms with van der Waals surface area (Å²) in [6.07, 6.45) is 0. The SMILES string of the molecule is COc1cc(C#N)ccc1OCC(=O)c1ccc(NC(=O)C(C)C)cc1. The van der Waals surface area contributed by atoms with Crippen LogP contribution in [0.4, 0.5) is 5.69 Å². The van der Waals surface area contributed by atoms with Crippen molar-refractivity contribution in [2.45, 2.75) is 13.8 Å². The molecule has 0 aliphatic rings. The maximum Gasteiger partial charge on any atom is 0.226 e. The largest absolute Gasteiger partial charge is 0.493 e. The quantitative estimate of drug-likeness (QED) is 0.771. The van der Waals surface area contributed by atoms with E-state index in [9.17, 15) is 9.59 Å². The van der Waals surface area contributed by atoms with Crippen molar-refractivity contribution in [1.82, 2.24) is 0 Å². The summed E-state index contributed by atoms with van der Waals surface area (Å²) in [6, 6.07) is 13.4. The van der Waals surface area contributed by atoms with Crippen LogP contribution in [0.15, 0.2) is 42.5 Å². The Hall–Kier alpha value is -3.33. The van der Waals surface area contributed by atoms with E-state index < -0.39 is 0 Å². The minimum absolute atomic E-state index is 0.0830. The molecule has 134 valence electrons. The van der Waals surface area contributed by atoms with Crippen LogP contribution in [0, 0.1) is 17.2 Å². The molecule has 0 aliphatic heterocycles. The van der Waals surface area contributed by atoms with Gasteiger partial charge in [-0.05, 0) is 36.4 Å². The number of methoxy groups -OCH3 is 1. The molecule has 0 saturated carbocycles. The third-order valence-electron chi connectivity index (χ3n) is 3.65. The summed E-state index contributed by atoms with van der Waals surface area (Å²) in [5, 5.41) is 11.7. The predicted molar refractivity (Wildman–Crippen MR) is 97.4 cm³/mol. The van der Waals surface area contributed by atoms with Crippen LogP contribution in [-0.4, -0.2) is 25.4 Å². The highest BCUT2D eigenvalue weighted by Gasteiger charge is 2.12. The Balaban J connectivity index is 2.00. The van der Waals surface area contributed by atoms with Crippen LogP contribution < -0.4 is 14.8 Å². The molecule has 6 heteroatoms. The smallest absolute Gasteiger partial charge is 0.226 e. The fourth-order valence-electron chi connectivity index (χ4n) is 2.11. The second-order valence-electron chi connectivity index (χ2n) is 5.91. The fraction of sp³-hybridized carbons (Fsp3) is 0.250. The molecule has 0 aromatic heterocycles. The van der Waals surface area contributed by atoms with Gasteiger partial charge in [0.2, 0.25) is 5.91 Å². The van der Waals surface area contributed by atoms with Gasteiger partial charge in [0.15, 0.2) is 23.9 Å². The van der Waals surface area contributed by atoms with Crippen molar-refractivity contribution < 1.29 is 19.1 Å². The fourth-order valence-corrected chi connectivity index (χ4v) is 2.11. The van der Waals surface area contributed by atoms with E-state index in [2.05, 4.69) is 5.32 Å². The van der Waals surface area contributed by atoms with E-state index in [0.29, 0.717) is 28.3 Å². The summed E-state index contributed by atoms with van der Waals surface area (Å²) in [4.78, 5) is 23.9. The molecule has 1 N–H and O–H groups in total. The van der Waals surface area contributed by atoms with Gasteiger partial charge in [-0.3, -0.25) is 9.59 Å². The summed E-state index contributed by atoms with van der Waals surface area (Å²) in [5.41, 5.74) is 1.55. The molecule has 0 bridgehead atoms. The van der Waals surface area contributed by atoms with Gasteiger partial charge in [0.1, 0.15) is 0 Å². The van der Waals surface area contributed by atoms with E-state index in [1.54, 1.807) is 42.5 Å². The Kier molecular flexibility index (Phi) is 6.34. The first kappa shape index (κ1) is 19.0. The van der Waals surface area contributed by atoms with Gasteiger partial charge in [-0.2, -0.15) is 5.26 Å². The predicted octanol–water partition coefficient (Wildman–Crippen LogP) is 3.42. The van der Waals surface area contributed by atoms with Crippen molar-refractivity contribution in [2.75, 3.05) is 19.0 Å². The number of Topliss-reactive ketones (excluding diaryl/α,β-unsaturated/α-hetero) is 1. The van der Waals surface area contributed by atoms with Crippen LogP contribution in [0.2, 0.25) is 0 Å². The minimum Gasteiger partial charge on any atom is -0.493 e. The number of nitriles is 1. The Morgan fingerprint density at radius 3 is 2.38 bits per heavy atom. The van der Waals surface area contributed by atoms with Crippen LogP contribution in [0.3, 0.4) is 0 Å². The molecule has 2 rings (SSSR count).